The van der Waals surface area contributed by atoms with E-state index in [1.165, 1.54) is 6.26 Å². The fourth-order valence-corrected chi connectivity index (χ4v) is 4.64. The first-order valence-corrected chi connectivity index (χ1v) is 9.70. The second-order valence-electron chi connectivity index (χ2n) is 6.19. The fraction of sp³-hybridized carbons (Fsp3) is 0.688. The van der Waals surface area contributed by atoms with Crippen molar-refractivity contribution in [2.45, 2.75) is 23.6 Å². The SMILES string of the molecule is C=NC(=C1OCC(COC)N(C)C1=C)C1(S(C)(=O)=O)CCOCC1. The highest BCUT2D eigenvalue weighted by Gasteiger charge is 2.48. The molecule has 0 bridgehead atoms. The van der Waals surface area contributed by atoms with Gasteiger partial charge < -0.3 is 19.1 Å². The van der Waals surface area contributed by atoms with Crippen molar-refractivity contribution >= 4 is 16.6 Å². The zero-order valence-electron chi connectivity index (χ0n) is 14.6. The van der Waals surface area contributed by atoms with E-state index in [1.54, 1.807) is 7.11 Å². The van der Waals surface area contributed by atoms with Crippen LogP contribution in [0.2, 0.25) is 0 Å². The molecule has 0 radical (unpaired) electrons. The van der Waals surface area contributed by atoms with Crippen molar-refractivity contribution < 1.29 is 22.6 Å². The lowest BCUT2D eigenvalue weighted by Gasteiger charge is -2.41. The van der Waals surface area contributed by atoms with Crippen molar-refractivity contribution in [3.8, 4) is 0 Å². The normalized spacial score (nSPS) is 26.7. The number of hydrogen-bond acceptors (Lipinski definition) is 7. The fourth-order valence-electron chi connectivity index (χ4n) is 3.22. The van der Waals surface area contributed by atoms with Gasteiger partial charge in [-0.25, -0.2) is 8.42 Å². The molecule has 2 aliphatic rings. The van der Waals surface area contributed by atoms with Crippen LogP contribution in [0.1, 0.15) is 12.8 Å². The Labute approximate surface area is 143 Å². The first kappa shape index (κ1) is 19.0. The van der Waals surface area contributed by atoms with E-state index in [1.807, 2.05) is 11.9 Å². The summed E-state index contributed by atoms with van der Waals surface area (Å²) in [5, 5.41) is 0. The Morgan fingerprint density at radius 2 is 2.08 bits per heavy atom. The maximum Gasteiger partial charge on any atom is 0.165 e. The van der Waals surface area contributed by atoms with Gasteiger partial charge in [-0.1, -0.05) is 6.58 Å². The van der Waals surface area contributed by atoms with Crippen LogP contribution in [0, 0.1) is 0 Å². The molecular formula is C16H26N2O5S. The Kier molecular flexibility index (Phi) is 5.72. The van der Waals surface area contributed by atoms with Crippen LogP contribution in [0.3, 0.4) is 0 Å². The van der Waals surface area contributed by atoms with Gasteiger partial charge in [-0.15, -0.1) is 0 Å². The summed E-state index contributed by atoms with van der Waals surface area (Å²) in [5.74, 6) is 0.396. The molecule has 0 aromatic rings. The lowest BCUT2D eigenvalue weighted by Crippen LogP contribution is -2.48. The molecule has 1 unspecified atom stereocenters. The van der Waals surface area contributed by atoms with Crippen molar-refractivity contribution in [1.82, 2.24) is 4.90 Å². The van der Waals surface area contributed by atoms with E-state index < -0.39 is 14.6 Å². The summed E-state index contributed by atoms with van der Waals surface area (Å²) in [6.07, 6.45) is 1.88. The molecule has 0 N–H and O–H groups in total. The van der Waals surface area contributed by atoms with E-state index in [2.05, 4.69) is 18.3 Å². The number of likely N-dealkylation sites (N-methyl/N-ethyl adjacent to an activating group) is 1. The highest BCUT2D eigenvalue weighted by molar-refractivity contribution is 7.92. The third-order valence-corrected chi connectivity index (χ3v) is 6.85. The highest BCUT2D eigenvalue weighted by Crippen LogP contribution is 2.41. The summed E-state index contributed by atoms with van der Waals surface area (Å²) in [7, 11) is 0.0569. The Hall–Kier alpha value is -1.38. The number of rotatable bonds is 5. The van der Waals surface area contributed by atoms with Crippen LogP contribution in [-0.4, -0.2) is 77.7 Å². The van der Waals surface area contributed by atoms with Crippen LogP contribution in [0.15, 0.2) is 28.7 Å². The number of aliphatic imine (C=N–C) groups is 1. The quantitative estimate of drug-likeness (QED) is 0.682. The summed E-state index contributed by atoms with van der Waals surface area (Å²) in [5.41, 5.74) is 0.918. The van der Waals surface area contributed by atoms with Crippen LogP contribution in [-0.2, 0) is 24.0 Å². The van der Waals surface area contributed by atoms with Gasteiger partial charge in [0.1, 0.15) is 17.1 Å². The van der Waals surface area contributed by atoms with E-state index in [0.29, 0.717) is 56.4 Å². The van der Waals surface area contributed by atoms with Crippen LogP contribution >= 0.6 is 0 Å². The van der Waals surface area contributed by atoms with Crippen molar-refractivity contribution in [2.75, 3.05) is 46.8 Å². The van der Waals surface area contributed by atoms with Crippen molar-refractivity contribution in [3.63, 3.8) is 0 Å². The molecule has 1 atom stereocenters. The van der Waals surface area contributed by atoms with E-state index in [-0.39, 0.29) is 6.04 Å². The molecule has 24 heavy (non-hydrogen) atoms. The number of morpholine rings is 1. The van der Waals surface area contributed by atoms with E-state index >= 15 is 0 Å². The molecule has 0 spiro atoms. The Bertz CT molecular complexity index is 635. The summed E-state index contributed by atoms with van der Waals surface area (Å²) >= 11 is 0. The second-order valence-corrected chi connectivity index (χ2v) is 8.52. The Morgan fingerprint density at radius 1 is 1.46 bits per heavy atom. The molecule has 8 heteroatoms. The third-order valence-electron chi connectivity index (χ3n) is 4.83. The number of methoxy groups -OCH3 is 1. The lowest BCUT2D eigenvalue weighted by molar-refractivity contribution is 0.0337. The maximum atomic E-state index is 12.6. The average molecular weight is 358 g/mol. The molecule has 136 valence electrons. The van der Waals surface area contributed by atoms with Gasteiger partial charge in [-0.2, -0.15) is 0 Å². The summed E-state index contributed by atoms with van der Waals surface area (Å²) in [4.78, 5) is 6.01. The minimum absolute atomic E-state index is 0.0150. The first-order valence-electron chi connectivity index (χ1n) is 7.81. The summed E-state index contributed by atoms with van der Waals surface area (Å²) < 4.78 is 40.5. The number of ether oxygens (including phenoxy) is 3. The third kappa shape index (κ3) is 3.22. The van der Waals surface area contributed by atoms with Gasteiger partial charge in [0.2, 0.25) is 0 Å². The molecule has 2 aliphatic heterocycles. The van der Waals surface area contributed by atoms with Crippen LogP contribution in [0.5, 0.6) is 0 Å². The molecule has 0 amide bonds. The van der Waals surface area contributed by atoms with Crippen LogP contribution in [0.25, 0.3) is 0 Å². The Balaban J connectivity index is 2.50. The molecule has 2 fully saturated rings. The number of sulfone groups is 1. The standard InChI is InChI=1S/C16H26N2O5S/c1-12-14(23-11-13(10-21-4)18(12)3)15(17-2)16(24(5,19)20)6-8-22-9-7-16/h13H,1-2,6-11H2,3-5H3. The molecule has 0 aromatic carbocycles. The molecule has 7 nitrogen and oxygen atoms in total. The average Bonchev–Trinajstić information content (AvgIpc) is 2.54. The van der Waals surface area contributed by atoms with Gasteiger partial charge in [0, 0.05) is 33.6 Å². The van der Waals surface area contributed by atoms with Gasteiger partial charge in [0.15, 0.2) is 15.6 Å². The van der Waals surface area contributed by atoms with Gasteiger partial charge >= 0.3 is 0 Å². The molecule has 2 saturated heterocycles. The monoisotopic (exact) mass is 358 g/mol. The van der Waals surface area contributed by atoms with E-state index in [9.17, 15) is 8.42 Å². The highest BCUT2D eigenvalue weighted by atomic mass is 32.2. The molecule has 2 rings (SSSR count). The lowest BCUT2D eigenvalue weighted by atomic mass is 9.93. The molecule has 0 saturated carbocycles. The van der Waals surface area contributed by atoms with Gasteiger partial charge in [0.05, 0.1) is 18.3 Å². The minimum atomic E-state index is -3.45. The topological polar surface area (TPSA) is 77.4 Å². The predicted octanol–water partition coefficient (Wildman–Crippen LogP) is 0.983. The van der Waals surface area contributed by atoms with Crippen LogP contribution in [0.4, 0.5) is 0 Å². The number of hydrogen-bond donors (Lipinski definition) is 0. The second kappa shape index (κ2) is 7.25. The van der Waals surface area contributed by atoms with Gasteiger partial charge in [0.25, 0.3) is 0 Å². The number of nitrogens with zero attached hydrogens (tertiary/aromatic N) is 2. The first-order chi connectivity index (χ1) is 11.3. The van der Waals surface area contributed by atoms with Gasteiger partial charge in [-0.05, 0) is 19.6 Å². The molecule has 0 aromatic heterocycles. The van der Waals surface area contributed by atoms with Crippen molar-refractivity contribution in [3.05, 3.63) is 23.7 Å². The maximum absolute atomic E-state index is 12.6. The predicted molar refractivity (Wildman–Crippen MR) is 92.7 cm³/mol. The van der Waals surface area contributed by atoms with Crippen LogP contribution < -0.4 is 0 Å². The molecule has 0 aliphatic carbocycles. The minimum Gasteiger partial charge on any atom is -0.487 e. The molecular weight excluding hydrogens is 332 g/mol. The smallest absolute Gasteiger partial charge is 0.165 e. The zero-order valence-corrected chi connectivity index (χ0v) is 15.4. The van der Waals surface area contributed by atoms with E-state index in [0.717, 1.165) is 0 Å². The van der Waals surface area contributed by atoms with Crippen molar-refractivity contribution in [2.24, 2.45) is 4.99 Å². The largest absolute Gasteiger partial charge is 0.487 e. The zero-order chi connectivity index (χ0) is 18.0. The molecule has 2 heterocycles. The summed E-state index contributed by atoms with van der Waals surface area (Å²) in [6.45, 7) is 9.24. The Morgan fingerprint density at radius 3 is 2.58 bits per heavy atom. The van der Waals surface area contributed by atoms with Crippen molar-refractivity contribution in [1.29, 1.82) is 0 Å². The van der Waals surface area contributed by atoms with Gasteiger partial charge in [-0.3, -0.25) is 4.99 Å². The summed E-state index contributed by atoms with van der Waals surface area (Å²) in [6, 6.07) is 0.0150. The van der Waals surface area contributed by atoms with E-state index in [4.69, 9.17) is 14.2 Å².